The summed E-state index contributed by atoms with van der Waals surface area (Å²) in [7, 11) is 0. The molecule has 0 saturated carbocycles. The average molecular weight is 629 g/mol. The average Bonchev–Trinajstić information content (AvgIpc) is 3.33. The molecular weight excluding hydrogens is 562 g/mol. The Morgan fingerprint density at radius 1 is 0.889 bits per heavy atom. The summed E-state index contributed by atoms with van der Waals surface area (Å²) in [5, 5.41) is 7.68. The number of allylic oxidation sites excluding steroid dienone is 1. The van der Waals surface area contributed by atoms with Gasteiger partial charge in [-0.15, -0.1) is 0 Å². The molecule has 0 aromatic rings. The zero-order chi connectivity index (χ0) is 31.5. The molecule has 2 fully saturated rings. The van der Waals surface area contributed by atoms with Gasteiger partial charge in [0, 0.05) is 19.3 Å². The highest BCUT2D eigenvalue weighted by molar-refractivity contribution is 5.82. The van der Waals surface area contributed by atoms with E-state index in [0.717, 1.165) is 76.6 Å². The van der Waals surface area contributed by atoms with E-state index in [2.05, 4.69) is 48.1 Å². The molecule has 0 amide bonds. The van der Waals surface area contributed by atoms with Crippen LogP contribution in [0, 0.1) is 5.92 Å². The molecule has 0 aromatic carbocycles. The Morgan fingerprint density at radius 3 is 2.24 bits per heavy atom. The number of hydrogen-bond acceptors (Lipinski definition) is 6. The van der Waals surface area contributed by atoms with Crippen molar-refractivity contribution in [2.24, 2.45) is 5.92 Å². The molecule has 2 N–H and O–H groups in total. The number of esters is 1. The molecule has 2 spiro atoms. The Morgan fingerprint density at radius 2 is 1.58 bits per heavy atom. The lowest BCUT2D eigenvalue weighted by Crippen LogP contribution is -2.76. The number of unbranched alkanes of at least 4 members (excludes halogenated alkanes) is 13. The number of hydrogen-bond donors (Lipinski definition) is 2. The highest BCUT2D eigenvalue weighted by Gasteiger charge is 2.64. The van der Waals surface area contributed by atoms with Crippen LogP contribution in [-0.4, -0.2) is 58.9 Å². The van der Waals surface area contributed by atoms with Crippen LogP contribution in [0.15, 0.2) is 12.2 Å². The lowest BCUT2D eigenvalue weighted by Gasteiger charge is -2.50. The van der Waals surface area contributed by atoms with Gasteiger partial charge < -0.3 is 14.2 Å². The van der Waals surface area contributed by atoms with E-state index in [1.54, 1.807) is 0 Å². The summed E-state index contributed by atoms with van der Waals surface area (Å²) in [6.07, 6.45) is 32.1. The third kappa shape index (κ3) is 8.86. The monoisotopic (exact) mass is 629 g/mol. The zero-order valence-corrected chi connectivity index (χ0v) is 29.1. The van der Waals surface area contributed by atoms with Crippen molar-refractivity contribution in [2.75, 3.05) is 6.61 Å². The van der Waals surface area contributed by atoms with E-state index in [-0.39, 0.29) is 35.9 Å². The van der Waals surface area contributed by atoms with Gasteiger partial charge in [0.25, 0.3) is 0 Å². The predicted molar refractivity (Wildman–Crippen MR) is 181 cm³/mol. The van der Waals surface area contributed by atoms with E-state index in [1.165, 1.54) is 77.0 Å². The summed E-state index contributed by atoms with van der Waals surface area (Å²) < 4.78 is 22.1. The molecule has 256 valence electrons. The van der Waals surface area contributed by atoms with Crippen molar-refractivity contribution in [1.29, 1.82) is 0 Å². The van der Waals surface area contributed by atoms with Gasteiger partial charge in [0.05, 0.1) is 30.9 Å². The minimum atomic E-state index is -0.728. The molecule has 7 nitrogen and oxygen atoms in total. The van der Waals surface area contributed by atoms with Crippen molar-refractivity contribution in [1.82, 2.24) is 10.6 Å². The van der Waals surface area contributed by atoms with Crippen LogP contribution in [0.1, 0.15) is 168 Å². The van der Waals surface area contributed by atoms with Gasteiger partial charge in [0.15, 0.2) is 11.6 Å². The summed E-state index contributed by atoms with van der Waals surface area (Å²) in [6.45, 7) is 7.15. The number of ether oxygens (including phenoxy) is 3. The first kappa shape index (κ1) is 34.7. The molecule has 2 saturated heterocycles. The highest BCUT2D eigenvalue weighted by Crippen LogP contribution is 2.45. The largest absolute Gasteiger partial charge is 0.465 e. The van der Waals surface area contributed by atoms with E-state index in [0.29, 0.717) is 12.6 Å². The quantitative estimate of drug-likeness (QED) is 0.0732. The predicted octanol–water partition coefficient (Wildman–Crippen LogP) is 8.25. The Kier molecular flexibility index (Phi) is 13.1. The fraction of sp³-hybridized carbons (Fsp3) is 0.895. The van der Waals surface area contributed by atoms with E-state index in [9.17, 15) is 4.79 Å². The Labute approximate surface area is 274 Å². The summed E-state index contributed by atoms with van der Waals surface area (Å²) in [5.74, 6) is 0.615. The molecule has 5 heterocycles. The molecule has 0 aliphatic carbocycles. The van der Waals surface area contributed by atoms with Gasteiger partial charge in [-0.2, -0.15) is 0 Å². The summed E-state index contributed by atoms with van der Waals surface area (Å²) >= 11 is 0. The SMILES string of the molecule is CCCCCCCCCCCCCCCCOC(=O)[C@@H]1[C@@H]2CC[C@@H]3C[C@]4(CCC=C[C@@H](CC)O4)NC(=[N+]32)N[C@]12CCC[C@H](C)O2. The van der Waals surface area contributed by atoms with Crippen LogP contribution >= 0.6 is 0 Å². The topological polar surface area (TPSA) is 71.8 Å². The summed E-state index contributed by atoms with van der Waals surface area (Å²) in [5.41, 5.74) is -1.11. The number of carbonyl (C=O) groups excluding carboxylic acids is 1. The van der Waals surface area contributed by atoms with Crippen molar-refractivity contribution in [3.63, 3.8) is 0 Å². The van der Waals surface area contributed by atoms with Gasteiger partial charge in [-0.3, -0.25) is 9.37 Å². The third-order valence-corrected chi connectivity index (χ3v) is 11.3. The summed E-state index contributed by atoms with van der Waals surface area (Å²) in [6, 6.07) is 0.449. The van der Waals surface area contributed by atoms with Crippen molar-refractivity contribution in [3.05, 3.63) is 12.2 Å². The van der Waals surface area contributed by atoms with Crippen molar-refractivity contribution in [2.45, 2.75) is 204 Å². The minimum Gasteiger partial charge on any atom is -0.465 e. The second-order valence-electron chi connectivity index (χ2n) is 15.0. The zero-order valence-electron chi connectivity index (χ0n) is 29.1. The first-order valence-electron chi connectivity index (χ1n) is 19.4. The van der Waals surface area contributed by atoms with Crippen LogP contribution in [0.5, 0.6) is 0 Å². The molecule has 5 rings (SSSR count). The standard InChI is InChI=1S/C38H65N3O4/c1-4-6-7-8-9-10-11-12-13-14-15-16-17-20-28-43-35(42)34-33-25-24-31-29-37(26-19-18-23-32(5-2)45-37)39-36(41(31)33)40-38(34)27-21-22-30(3)44-38/h18,23,30-34H,4-17,19-22,24-29H2,1-3H3,(H,39,40)/p+1/t30-,31+,32+,33-,34-,37+,38-/m0/s1. The minimum absolute atomic E-state index is 0.0720. The molecule has 7 atom stereocenters. The Bertz CT molecular complexity index is 999. The van der Waals surface area contributed by atoms with Gasteiger partial charge in [-0.1, -0.05) is 109 Å². The fourth-order valence-electron chi connectivity index (χ4n) is 8.96. The molecule has 0 unspecified atom stereocenters. The van der Waals surface area contributed by atoms with Crippen LogP contribution in [0.4, 0.5) is 0 Å². The fourth-order valence-corrected chi connectivity index (χ4v) is 8.96. The second-order valence-corrected chi connectivity index (χ2v) is 15.0. The molecule has 5 aliphatic heterocycles. The maximum Gasteiger partial charge on any atom is 0.350 e. The van der Waals surface area contributed by atoms with E-state index in [1.807, 2.05) is 0 Å². The maximum atomic E-state index is 14.0. The Balaban J connectivity index is 1.10. The van der Waals surface area contributed by atoms with Gasteiger partial charge in [-0.25, -0.2) is 10.6 Å². The second kappa shape index (κ2) is 17.0. The number of carbonyl (C=O) groups is 1. The van der Waals surface area contributed by atoms with E-state index in [4.69, 9.17) is 14.2 Å². The van der Waals surface area contributed by atoms with Crippen LogP contribution in [-0.2, 0) is 19.0 Å². The Hall–Kier alpha value is -1.60. The normalized spacial score (nSPS) is 34.0. The van der Waals surface area contributed by atoms with Crippen molar-refractivity contribution >= 4 is 11.9 Å². The van der Waals surface area contributed by atoms with Crippen LogP contribution in [0.25, 0.3) is 0 Å². The highest BCUT2D eigenvalue weighted by atomic mass is 16.6. The maximum absolute atomic E-state index is 14.0. The number of rotatable bonds is 17. The van der Waals surface area contributed by atoms with Gasteiger partial charge >= 0.3 is 11.9 Å². The van der Waals surface area contributed by atoms with Crippen molar-refractivity contribution < 1.29 is 23.6 Å². The molecule has 7 heteroatoms. The lowest BCUT2D eigenvalue weighted by molar-refractivity contribution is -0.609. The van der Waals surface area contributed by atoms with E-state index < -0.39 is 5.72 Å². The lowest BCUT2D eigenvalue weighted by atomic mass is 9.80. The van der Waals surface area contributed by atoms with Crippen molar-refractivity contribution in [3.8, 4) is 0 Å². The van der Waals surface area contributed by atoms with Gasteiger partial charge in [0.2, 0.25) is 5.72 Å². The first-order chi connectivity index (χ1) is 22.0. The number of guanidine groups is 1. The van der Waals surface area contributed by atoms with Gasteiger partial charge in [-0.05, 0) is 51.9 Å². The van der Waals surface area contributed by atoms with E-state index >= 15 is 0 Å². The molecule has 0 aromatic heterocycles. The molecule has 0 radical (unpaired) electrons. The number of nitrogens with zero attached hydrogens (tertiary/aromatic N) is 1. The van der Waals surface area contributed by atoms with Crippen LogP contribution in [0.2, 0.25) is 0 Å². The van der Waals surface area contributed by atoms with Crippen LogP contribution < -0.4 is 10.6 Å². The van der Waals surface area contributed by atoms with Crippen LogP contribution in [0.3, 0.4) is 0 Å². The summed E-state index contributed by atoms with van der Waals surface area (Å²) in [4.78, 5) is 14.0. The molecular formula is C38H66N3O4+. The van der Waals surface area contributed by atoms with Gasteiger partial charge in [0.1, 0.15) is 0 Å². The third-order valence-electron chi connectivity index (χ3n) is 11.3. The first-order valence-corrected chi connectivity index (χ1v) is 19.4. The molecule has 0 bridgehead atoms. The molecule has 45 heavy (non-hydrogen) atoms. The smallest absolute Gasteiger partial charge is 0.350 e. The number of nitrogens with one attached hydrogen (secondary N) is 2. The molecule has 5 aliphatic rings.